The van der Waals surface area contributed by atoms with Gasteiger partial charge in [-0.25, -0.2) is 9.67 Å². The highest BCUT2D eigenvalue weighted by atomic mass is 79.9. The van der Waals surface area contributed by atoms with Crippen molar-refractivity contribution in [3.63, 3.8) is 0 Å². The third kappa shape index (κ3) is 4.78. The van der Waals surface area contributed by atoms with Gasteiger partial charge in [-0.1, -0.05) is 22.0 Å². The van der Waals surface area contributed by atoms with E-state index in [9.17, 15) is 4.79 Å². The van der Waals surface area contributed by atoms with Crippen molar-refractivity contribution in [2.24, 2.45) is 0 Å². The molecular weight excluding hydrogens is 420 g/mol. The van der Waals surface area contributed by atoms with E-state index in [2.05, 4.69) is 31.3 Å². The molecule has 2 aromatic heterocycles. The smallest absolute Gasteiger partial charge is 0.255 e. The number of rotatable bonds is 6. The molecule has 3 aromatic rings. The lowest BCUT2D eigenvalue weighted by atomic mass is 10.1. The zero-order chi connectivity index (χ0) is 20.3. The second-order valence-electron chi connectivity index (χ2n) is 6.85. The maximum atomic E-state index is 12.6. The molecule has 0 radical (unpaired) electrons. The molecule has 2 heterocycles. The van der Waals surface area contributed by atoms with E-state index < -0.39 is 0 Å². The van der Waals surface area contributed by atoms with Crippen LogP contribution in [0.25, 0.3) is 5.82 Å². The van der Waals surface area contributed by atoms with E-state index in [1.807, 2.05) is 52.0 Å². The van der Waals surface area contributed by atoms with Gasteiger partial charge in [0.15, 0.2) is 5.82 Å². The summed E-state index contributed by atoms with van der Waals surface area (Å²) in [5.41, 5.74) is 3.38. The largest absolute Gasteiger partial charge is 0.490 e. The van der Waals surface area contributed by atoms with E-state index in [4.69, 9.17) is 4.74 Å². The van der Waals surface area contributed by atoms with Crippen molar-refractivity contribution in [2.45, 2.75) is 40.3 Å². The Morgan fingerprint density at radius 3 is 2.61 bits per heavy atom. The monoisotopic (exact) mass is 442 g/mol. The Morgan fingerprint density at radius 2 is 2.00 bits per heavy atom. The van der Waals surface area contributed by atoms with Crippen LogP contribution in [0.15, 0.2) is 47.1 Å². The van der Waals surface area contributed by atoms with Crippen molar-refractivity contribution in [3.8, 4) is 11.6 Å². The van der Waals surface area contributed by atoms with Gasteiger partial charge in [-0.2, -0.15) is 5.10 Å². The summed E-state index contributed by atoms with van der Waals surface area (Å²) >= 11 is 3.42. The molecule has 7 heteroatoms. The molecule has 1 amide bonds. The van der Waals surface area contributed by atoms with Gasteiger partial charge in [0.25, 0.3) is 5.91 Å². The minimum Gasteiger partial charge on any atom is -0.490 e. The standard InChI is InChI=1S/C21H23BrN4O2/c1-13(2)28-19-10-17(22)6-7-18(19)21(27)24-12-16-5-8-20(23-11-16)26-15(4)9-14(3)25-26/h5-11,13H,12H2,1-4H3,(H,24,27). The van der Waals surface area contributed by atoms with Crippen LogP contribution in [0.3, 0.4) is 0 Å². The number of halogens is 1. The molecule has 3 rings (SSSR count). The van der Waals surface area contributed by atoms with Crippen LogP contribution in [0.2, 0.25) is 0 Å². The van der Waals surface area contributed by atoms with Gasteiger partial charge in [0.2, 0.25) is 0 Å². The van der Waals surface area contributed by atoms with Crippen LogP contribution in [-0.2, 0) is 6.54 Å². The normalized spacial score (nSPS) is 10.9. The first kappa shape index (κ1) is 20.1. The number of carbonyl (C=O) groups is 1. The number of hydrogen-bond donors (Lipinski definition) is 1. The number of aromatic nitrogens is 3. The molecule has 0 aliphatic carbocycles. The molecule has 0 saturated heterocycles. The van der Waals surface area contributed by atoms with Gasteiger partial charge in [-0.15, -0.1) is 0 Å². The van der Waals surface area contributed by atoms with Crippen LogP contribution >= 0.6 is 15.9 Å². The van der Waals surface area contributed by atoms with Crippen LogP contribution in [0.5, 0.6) is 5.75 Å². The average molecular weight is 443 g/mol. The van der Waals surface area contributed by atoms with Gasteiger partial charge < -0.3 is 10.1 Å². The zero-order valence-corrected chi connectivity index (χ0v) is 17.9. The van der Waals surface area contributed by atoms with Crippen LogP contribution in [-0.4, -0.2) is 26.8 Å². The lowest BCUT2D eigenvalue weighted by Crippen LogP contribution is -2.24. The molecule has 146 valence electrons. The predicted octanol–water partition coefficient (Wildman–Crippen LogP) is 4.36. The summed E-state index contributed by atoms with van der Waals surface area (Å²) in [6, 6.07) is 11.2. The maximum Gasteiger partial charge on any atom is 0.255 e. The number of benzene rings is 1. The molecule has 0 aliphatic rings. The molecule has 0 spiro atoms. The Bertz CT molecular complexity index is 981. The van der Waals surface area contributed by atoms with Crippen molar-refractivity contribution in [1.29, 1.82) is 0 Å². The van der Waals surface area contributed by atoms with E-state index in [0.29, 0.717) is 17.9 Å². The first-order valence-corrected chi connectivity index (χ1v) is 9.86. The van der Waals surface area contributed by atoms with E-state index in [1.165, 1.54) is 0 Å². The first-order valence-electron chi connectivity index (χ1n) is 9.06. The number of amides is 1. The number of nitrogens with zero attached hydrogens (tertiary/aromatic N) is 3. The van der Waals surface area contributed by atoms with Crippen molar-refractivity contribution < 1.29 is 9.53 Å². The lowest BCUT2D eigenvalue weighted by molar-refractivity contribution is 0.0945. The number of aryl methyl sites for hydroxylation is 2. The Balaban J connectivity index is 1.69. The fourth-order valence-electron chi connectivity index (χ4n) is 2.82. The molecule has 0 aliphatic heterocycles. The Morgan fingerprint density at radius 1 is 1.21 bits per heavy atom. The number of ether oxygens (including phenoxy) is 1. The minimum absolute atomic E-state index is 0.0213. The summed E-state index contributed by atoms with van der Waals surface area (Å²) in [6.45, 7) is 8.18. The van der Waals surface area contributed by atoms with E-state index in [0.717, 1.165) is 27.2 Å². The Kier molecular flexibility index (Phi) is 6.14. The third-order valence-corrected chi connectivity index (χ3v) is 4.53. The van der Waals surface area contributed by atoms with Crippen molar-refractivity contribution in [2.75, 3.05) is 0 Å². The third-order valence-electron chi connectivity index (χ3n) is 4.04. The molecule has 28 heavy (non-hydrogen) atoms. The quantitative estimate of drug-likeness (QED) is 0.615. The predicted molar refractivity (Wildman–Crippen MR) is 112 cm³/mol. The fraction of sp³-hybridized carbons (Fsp3) is 0.286. The second kappa shape index (κ2) is 8.56. The molecule has 0 saturated carbocycles. The first-order chi connectivity index (χ1) is 13.3. The van der Waals surface area contributed by atoms with Crippen LogP contribution < -0.4 is 10.1 Å². The molecule has 0 fully saturated rings. The van der Waals surface area contributed by atoms with E-state index in [1.54, 1.807) is 23.0 Å². The maximum absolute atomic E-state index is 12.6. The molecule has 1 aromatic carbocycles. The van der Waals surface area contributed by atoms with Crippen LogP contribution in [0, 0.1) is 13.8 Å². The summed E-state index contributed by atoms with van der Waals surface area (Å²) < 4.78 is 8.43. The Labute approximate surface area is 173 Å². The summed E-state index contributed by atoms with van der Waals surface area (Å²) in [5.74, 6) is 1.12. The molecular formula is C21H23BrN4O2. The molecule has 0 bridgehead atoms. The molecule has 0 unspecified atom stereocenters. The van der Waals surface area contributed by atoms with E-state index in [-0.39, 0.29) is 12.0 Å². The topological polar surface area (TPSA) is 69.0 Å². The van der Waals surface area contributed by atoms with Crippen LogP contribution in [0.1, 0.15) is 41.2 Å². The molecule has 1 N–H and O–H groups in total. The summed E-state index contributed by atoms with van der Waals surface area (Å²) in [6.07, 6.45) is 1.73. The fourth-order valence-corrected chi connectivity index (χ4v) is 3.16. The van der Waals surface area contributed by atoms with E-state index >= 15 is 0 Å². The average Bonchev–Trinajstić information content (AvgIpc) is 2.98. The van der Waals surface area contributed by atoms with Crippen LogP contribution in [0.4, 0.5) is 0 Å². The second-order valence-corrected chi connectivity index (χ2v) is 7.77. The summed E-state index contributed by atoms with van der Waals surface area (Å²) in [5, 5.41) is 7.36. The summed E-state index contributed by atoms with van der Waals surface area (Å²) in [4.78, 5) is 17.1. The van der Waals surface area contributed by atoms with Crippen molar-refractivity contribution in [3.05, 3.63) is 69.6 Å². The molecule has 0 atom stereocenters. The summed E-state index contributed by atoms with van der Waals surface area (Å²) in [7, 11) is 0. The van der Waals surface area contributed by atoms with Gasteiger partial charge in [0.1, 0.15) is 5.75 Å². The van der Waals surface area contributed by atoms with Gasteiger partial charge in [-0.05, 0) is 63.6 Å². The SMILES string of the molecule is Cc1cc(C)n(-c2ccc(CNC(=O)c3ccc(Br)cc3OC(C)C)cn2)n1. The highest BCUT2D eigenvalue weighted by Gasteiger charge is 2.14. The molecule has 6 nitrogen and oxygen atoms in total. The number of pyridine rings is 1. The highest BCUT2D eigenvalue weighted by Crippen LogP contribution is 2.25. The van der Waals surface area contributed by atoms with Gasteiger partial charge in [0, 0.05) is 22.9 Å². The minimum atomic E-state index is -0.189. The zero-order valence-electron chi connectivity index (χ0n) is 16.4. The Hall–Kier alpha value is -2.67. The highest BCUT2D eigenvalue weighted by molar-refractivity contribution is 9.10. The van der Waals surface area contributed by atoms with Gasteiger partial charge in [-0.3, -0.25) is 4.79 Å². The van der Waals surface area contributed by atoms with Gasteiger partial charge >= 0.3 is 0 Å². The number of hydrogen-bond acceptors (Lipinski definition) is 4. The number of carbonyl (C=O) groups excluding carboxylic acids is 1. The number of nitrogens with one attached hydrogen (secondary N) is 1. The van der Waals surface area contributed by atoms with Crippen molar-refractivity contribution in [1.82, 2.24) is 20.1 Å². The van der Waals surface area contributed by atoms with Crippen molar-refractivity contribution >= 4 is 21.8 Å². The lowest BCUT2D eigenvalue weighted by Gasteiger charge is -2.14. The van der Waals surface area contributed by atoms with Gasteiger partial charge in [0.05, 0.1) is 17.4 Å².